The Labute approximate surface area is 186 Å². The molecule has 0 spiro atoms. The molecule has 1 aromatic carbocycles. The van der Waals surface area contributed by atoms with Crippen LogP contribution in [0.1, 0.15) is 53.4 Å². The van der Waals surface area contributed by atoms with Crippen molar-refractivity contribution >= 4 is 26.0 Å². The Kier molecular flexibility index (Phi) is 7.01. The summed E-state index contributed by atoms with van der Waals surface area (Å²) in [6.07, 6.45) is 7.57. The summed E-state index contributed by atoms with van der Waals surface area (Å²) in [5.41, 5.74) is 8.97. The smallest absolute Gasteiger partial charge is 0.192 e. The van der Waals surface area contributed by atoms with Crippen LogP contribution in [0.3, 0.4) is 0 Å². The maximum absolute atomic E-state index is 13.3. The molecule has 2 atom stereocenters. The maximum Gasteiger partial charge on any atom is 0.192 e. The van der Waals surface area contributed by atoms with E-state index in [0.717, 1.165) is 48.5 Å². The molecule has 0 unspecified atom stereocenters. The number of nitrogens with zero attached hydrogens (tertiary/aromatic N) is 1. The van der Waals surface area contributed by atoms with Crippen molar-refractivity contribution in [3.63, 3.8) is 0 Å². The molecule has 2 N–H and O–H groups in total. The van der Waals surface area contributed by atoms with E-state index in [0.29, 0.717) is 18.5 Å². The van der Waals surface area contributed by atoms with Gasteiger partial charge in [-0.15, -0.1) is 0 Å². The van der Waals surface area contributed by atoms with Gasteiger partial charge >= 0.3 is 0 Å². The summed E-state index contributed by atoms with van der Waals surface area (Å²) in [7, 11) is -1.93. The predicted octanol–water partition coefficient (Wildman–Crippen LogP) is 6.22. The fourth-order valence-electron chi connectivity index (χ4n) is 5.37. The Balaban J connectivity index is 2.06. The third-order valence-electron chi connectivity index (χ3n) is 7.73. The van der Waals surface area contributed by atoms with E-state index >= 15 is 0 Å². The molecule has 2 aliphatic rings. The summed E-state index contributed by atoms with van der Waals surface area (Å²) in [5, 5.41) is 0. The van der Waals surface area contributed by atoms with Gasteiger partial charge in [-0.3, -0.25) is 0 Å². The second-order valence-corrected chi connectivity index (χ2v) is 13.7. The topological polar surface area (TPSA) is 64.7 Å². The molecule has 3 rings (SSSR count). The summed E-state index contributed by atoms with van der Waals surface area (Å²) < 4.78 is 20.4. The first-order valence-corrected chi connectivity index (χ1v) is 13.9. The van der Waals surface area contributed by atoms with E-state index in [2.05, 4.69) is 33.8 Å². The van der Waals surface area contributed by atoms with Crippen LogP contribution in [0.15, 0.2) is 52.7 Å². The molecule has 6 heteroatoms. The SMILES string of the molecule is CC[Si](CC)(CC)O[C@@]1(CC=O)CCC2=CC(=Nc3ccc(F)cc3)C(=CN)C[C@@]21C. The van der Waals surface area contributed by atoms with Crippen molar-refractivity contribution in [2.24, 2.45) is 16.1 Å². The summed E-state index contributed by atoms with van der Waals surface area (Å²) in [6.45, 7) is 8.90. The van der Waals surface area contributed by atoms with Gasteiger partial charge in [-0.05, 0) is 79.5 Å². The van der Waals surface area contributed by atoms with E-state index < -0.39 is 13.9 Å². The van der Waals surface area contributed by atoms with Crippen LogP contribution in [-0.4, -0.2) is 25.9 Å². The number of hydrogen-bond donors (Lipinski definition) is 1. The lowest BCUT2D eigenvalue weighted by Crippen LogP contribution is -2.54. The lowest BCUT2D eigenvalue weighted by molar-refractivity contribution is -0.115. The number of carbonyl (C=O) groups excluding carboxylic acids is 1. The number of fused-ring (bicyclic) bond motifs is 1. The highest BCUT2D eigenvalue weighted by Gasteiger charge is 2.59. The van der Waals surface area contributed by atoms with Crippen LogP contribution >= 0.6 is 0 Å². The summed E-state index contributed by atoms with van der Waals surface area (Å²) >= 11 is 0. The molecule has 2 aliphatic carbocycles. The summed E-state index contributed by atoms with van der Waals surface area (Å²) in [6, 6.07) is 9.30. The maximum atomic E-state index is 13.3. The largest absolute Gasteiger partial charge is 0.410 e. The number of halogens is 1. The minimum Gasteiger partial charge on any atom is -0.410 e. The van der Waals surface area contributed by atoms with Crippen molar-refractivity contribution in [1.82, 2.24) is 0 Å². The van der Waals surface area contributed by atoms with Crippen LogP contribution in [-0.2, 0) is 9.22 Å². The molecule has 0 aromatic heterocycles. The van der Waals surface area contributed by atoms with Gasteiger partial charge in [0.1, 0.15) is 12.1 Å². The molecule has 0 aliphatic heterocycles. The van der Waals surface area contributed by atoms with E-state index in [-0.39, 0.29) is 11.2 Å². The van der Waals surface area contributed by atoms with Gasteiger partial charge in [0.2, 0.25) is 0 Å². The predicted molar refractivity (Wildman–Crippen MR) is 128 cm³/mol. The Bertz CT molecular complexity index is 896. The number of benzene rings is 1. The third kappa shape index (κ3) is 4.20. The fourth-order valence-corrected chi connectivity index (χ4v) is 8.54. The molecule has 1 fully saturated rings. The van der Waals surface area contributed by atoms with Crippen molar-refractivity contribution in [2.75, 3.05) is 0 Å². The van der Waals surface area contributed by atoms with Crippen LogP contribution in [0.4, 0.5) is 10.1 Å². The molecule has 0 amide bonds. The Morgan fingerprint density at radius 3 is 2.39 bits per heavy atom. The van der Waals surface area contributed by atoms with Crippen molar-refractivity contribution in [1.29, 1.82) is 0 Å². The number of carbonyl (C=O) groups is 1. The lowest BCUT2D eigenvalue weighted by Gasteiger charge is -2.50. The highest BCUT2D eigenvalue weighted by atomic mass is 28.4. The number of nitrogens with two attached hydrogens (primary N) is 1. The average Bonchev–Trinajstić information content (AvgIpc) is 3.04. The summed E-state index contributed by atoms with van der Waals surface area (Å²) in [4.78, 5) is 16.6. The minimum atomic E-state index is -1.93. The quantitative estimate of drug-likeness (QED) is 0.384. The number of rotatable bonds is 8. The number of allylic oxidation sites excluding steroid dienone is 2. The molecule has 1 aromatic rings. The van der Waals surface area contributed by atoms with Crippen LogP contribution in [0.25, 0.3) is 0 Å². The van der Waals surface area contributed by atoms with Gasteiger partial charge in [0.15, 0.2) is 8.32 Å². The molecular formula is C25H35FN2O2Si. The molecule has 1 saturated carbocycles. The second kappa shape index (κ2) is 9.21. The molecule has 168 valence electrons. The molecular weight excluding hydrogens is 407 g/mol. The van der Waals surface area contributed by atoms with Gasteiger partial charge in [-0.1, -0.05) is 33.3 Å². The molecule has 4 nitrogen and oxygen atoms in total. The van der Waals surface area contributed by atoms with E-state index in [9.17, 15) is 9.18 Å². The van der Waals surface area contributed by atoms with Crippen LogP contribution in [0.5, 0.6) is 0 Å². The zero-order valence-corrected chi connectivity index (χ0v) is 20.2. The Morgan fingerprint density at radius 1 is 1.19 bits per heavy atom. The highest BCUT2D eigenvalue weighted by Crippen LogP contribution is 2.60. The first-order chi connectivity index (χ1) is 14.8. The number of aldehydes is 1. The van der Waals surface area contributed by atoms with E-state index in [1.54, 1.807) is 18.3 Å². The van der Waals surface area contributed by atoms with Crippen molar-refractivity contribution < 1.29 is 13.6 Å². The normalized spacial score (nSPS) is 28.6. The zero-order chi connectivity index (χ0) is 22.7. The van der Waals surface area contributed by atoms with Gasteiger partial charge in [-0.25, -0.2) is 9.38 Å². The fraction of sp³-hybridized carbons (Fsp3) is 0.520. The number of hydrogen-bond acceptors (Lipinski definition) is 4. The van der Waals surface area contributed by atoms with Crippen molar-refractivity contribution in [3.8, 4) is 0 Å². The van der Waals surface area contributed by atoms with Crippen molar-refractivity contribution in [3.05, 3.63) is 53.5 Å². The lowest BCUT2D eigenvalue weighted by atomic mass is 9.65. The van der Waals surface area contributed by atoms with Gasteiger partial charge in [-0.2, -0.15) is 0 Å². The summed E-state index contributed by atoms with van der Waals surface area (Å²) in [5.74, 6) is -0.282. The highest BCUT2D eigenvalue weighted by molar-refractivity contribution is 6.73. The van der Waals surface area contributed by atoms with Crippen LogP contribution in [0, 0.1) is 11.2 Å². The van der Waals surface area contributed by atoms with E-state index in [4.69, 9.17) is 15.2 Å². The average molecular weight is 443 g/mol. The number of aliphatic imine (C=N–C) groups is 1. The minimum absolute atomic E-state index is 0.282. The zero-order valence-electron chi connectivity index (χ0n) is 19.2. The molecule has 31 heavy (non-hydrogen) atoms. The first-order valence-electron chi connectivity index (χ1n) is 11.4. The van der Waals surface area contributed by atoms with Gasteiger partial charge in [0.05, 0.1) is 17.0 Å². The Hall–Kier alpha value is -2.05. The monoisotopic (exact) mass is 442 g/mol. The van der Waals surface area contributed by atoms with Gasteiger partial charge in [0.25, 0.3) is 0 Å². The standard InChI is InChI=1S/C25H35FN2O2Si/c1-5-31(6-2,7-3)30-25(14-15-29)13-12-20-16-23(19(18-27)17-24(20,25)4)28-22-10-8-21(26)9-11-22/h8-11,15-16,18H,5-7,12-14,17,27H2,1-4H3/t24-,25+/m0/s1. The second-order valence-electron chi connectivity index (χ2n) is 9.05. The molecule has 0 heterocycles. The first kappa shape index (κ1) is 23.6. The third-order valence-corrected chi connectivity index (χ3v) is 12.4. The van der Waals surface area contributed by atoms with Crippen molar-refractivity contribution in [2.45, 2.75) is 77.1 Å². The van der Waals surface area contributed by atoms with E-state index in [1.165, 1.54) is 17.7 Å². The van der Waals surface area contributed by atoms with Gasteiger partial charge in [0, 0.05) is 11.8 Å². The van der Waals surface area contributed by atoms with Crippen LogP contribution < -0.4 is 5.73 Å². The van der Waals surface area contributed by atoms with Gasteiger partial charge < -0.3 is 15.0 Å². The Morgan fingerprint density at radius 2 is 1.84 bits per heavy atom. The van der Waals surface area contributed by atoms with Crippen LogP contribution in [0.2, 0.25) is 18.1 Å². The molecule has 0 bridgehead atoms. The molecule has 0 radical (unpaired) electrons. The van der Waals surface area contributed by atoms with E-state index in [1.807, 2.05) is 0 Å². The molecule has 0 saturated heterocycles.